The van der Waals surface area contributed by atoms with Crippen molar-refractivity contribution in [3.05, 3.63) is 24.0 Å². The maximum Gasteiger partial charge on any atom is 0.270 e. The van der Waals surface area contributed by atoms with Crippen LogP contribution in [0.25, 0.3) is 0 Å². The van der Waals surface area contributed by atoms with Gasteiger partial charge in [-0.25, -0.2) is 0 Å². The Morgan fingerprint density at radius 3 is 2.78 bits per heavy atom. The van der Waals surface area contributed by atoms with E-state index < -0.39 is 5.24 Å². The maximum absolute atomic E-state index is 10.4. The Balaban J connectivity index is 2.68. The van der Waals surface area contributed by atoms with Crippen LogP contribution in [-0.2, 0) is 4.79 Å². The summed E-state index contributed by atoms with van der Waals surface area (Å²) in [5, 5.41) is -0.494. The van der Waals surface area contributed by atoms with Crippen molar-refractivity contribution in [2.24, 2.45) is 0 Å². The molecule has 48 valence electrons. The van der Waals surface area contributed by atoms with E-state index in [0.29, 0.717) is 5.70 Å². The average molecular weight is 145 g/mol. The fraction of sp³-hybridized carbons (Fsp3) is 0. The lowest BCUT2D eigenvalue weighted by molar-refractivity contribution is -0.109. The molecule has 9 heavy (non-hydrogen) atoms. The second kappa shape index (κ2) is 2.55. The van der Waals surface area contributed by atoms with Crippen molar-refractivity contribution in [3.8, 4) is 0 Å². The summed E-state index contributed by atoms with van der Waals surface area (Å²) in [5.74, 6) is 0. The molecule has 3 nitrogen and oxygen atoms in total. The third-order valence-electron chi connectivity index (χ3n) is 0.861. The molecule has 0 atom stereocenters. The lowest BCUT2D eigenvalue weighted by Crippen LogP contribution is -2.30. The van der Waals surface area contributed by atoms with Crippen LogP contribution in [-0.4, -0.2) is 5.24 Å². The molecule has 0 aliphatic carbocycles. The molecule has 0 aromatic carbocycles. The van der Waals surface area contributed by atoms with Gasteiger partial charge in [-0.2, -0.15) is 0 Å². The van der Waals surface area contributed by atoms with Crippen molar-refractivity contribution < 1.29 is 4.79 Å². The van der Waals surface area contributed by atoms with Gasteiger partial charge >= 0.3 is 0 Å². The van der Waals surface area contributed by atoms with Gasteiger partial charge in [-0.15, -0.1) is 0 Å². The highest BCUT2D eigenvalue weighted by atomic mass is 35.5. The minimum atomic E-state index is -0.494. The molecule has 0 unspecified atom stereocenters. The number of allylic oxidation sites excluding steroid dienone is 3. The number of hydrogen-bond acceptors (Lipinski definition) is 3. The molecule has 1 aliphatic rings. The Morgan fingerprint density at radius 2 is 2.44 bits per heavy atom. The van der Waals surface area contributed by atoms with E-state index in [4.69, 9.17) is 11.6 Å². The zero-order chi connectivity index (χ0) is 6.69. The Hall–Kier alpha value is -0.960. The van der Waals surface area contributed by atoms with Crippen LogP contribution in [0.15, 0.2) is 24.0 Å². The van der Waals surface area contributed by atoms with Crippen LogP contribution in [0.1, 0.15) is 0 Å². The highest BCUT2D eigenvalue weighted by molar-refractivity contribution is 6.67. The van der Waals surface area contributed by atoms with E-state index in [1.807, 2.05) is 0 Å². The van der Waals surface area contributed by atoms with Crippen LogP contribution in [0.4, 0.5) is 0 Å². The van der Waals surface area contributed by atoms with E-state index in [1.54, 1.807) is 18.4 Å². The van der Waals surface area contributed by atoms with Crippen molar-refractivity contribution in [3.63, 3.8) is 0 Å². The highest BCUT2D eigenvalue weighted by Gasteiger charge is 2.03. The van der Waals surface area contributed by atoms with E-state index in [0.717, 1.165) is 0 Å². The fourth-order valence-corrected chi connectivity index (χ4v) is 0.578. The monoisotopic (exact) mass is 144 g/mol. The van der Waals surface area contributed by atoms with Gasteiger partial charge in [0, 0.05) is 6.20 Å². The highest BCUT2D eigenvalue weighted by Crippen LogP contribution is 1.97. The normalized spacial score (nSPS) is 15.4. The molecule has 1 rings (SSSR count). The summed E-state index contributed by atoms with van der Waals surface area (Å²) in [6.45, 7) is 0. The number of carbonyl (C=O) groups is 1. The molecule has 1 aliphatic heterocycles. The number of halogens is 1. The smallest absolute Gasteiger partial charge is 0.270 e. The number of rotatable bonds is 1. The molecular formula is C5H5ClN2O. The Labute approximate surface area is 57.3 Å². The van der Waals surface area contributed by atoms with Gasteiger partial charge < -0.3 is 5.43 Å². The van der Waals surface area contributed by atoms with Crippen molar-refractivity contribution in [2.45, 2.75) is 0 Å². The minimum Gasteiger partial charge on any atom is -0.308 e. The average Bonchev–Trinajstić information content (AvgIpc) is 1.90. The molecule has 0 aromatic rings. The molecule has 0 amide bonds. The predicted octanol–water partition coefficient (Wildman–Crippen LogP) is 0.257. The standard InChI is InChI=1S/C5H5ClN2O/c6-5(9)4-2-1-3-7-8-4/h1-3,7-8H. The van der Waals surface area contributed by atoms with E-state index in [9.17, 15) is 4.79 Å². The molecular weight excluding hydrogens is 140 g/mol. The number of carbonyl (C=O) groups excluding carboxylic acids is 1. The number of nitrogens with one attached hydrogen (secondary N) is 2. The van der Waals surface area contributed by atoms with Gasteiger partial charge in [-0.1, -0.05) is 0 Å². The maximum atomic E-state index is 10.4. The first kappa shape index (κ1) is 6.16. The molecule has 0 aromatic heterocycles. The van der Waals surface area contributed by atoms with Gasteiger partial charge in [0.05, 0.1) is 0 Å². The van der Waals surface area contributed by atoms with Crippen molar-refractivity contribution >= 4 is 16.8 Å². The van der Waals surface area contributed by atoms with Gasteiger partial charge in [0.15, 0.2) is 0 Å². The minimum absolute atomic E-state index is 0.360. The van der Waals surface area contributed by atoms with Crippen LogP contribution in [0.3, 0.4) is 0 Å². The van der Waals surface area contributed by atoms with Gasteiger partial charge in [-0.3, -0.25) is 10.2 Å². The van der Waals surface area contributed by atoms with Crippen molar-refractivity contribution in [2.75, 3.05) is 0 Å². The van der Waals surface area contributed by atoms with Crippen LogP contribution in [0, 0.1) is 0 Å². The zero-order valence-electron chi connectivity index (χ0n) is 4.52. The summed E-state index contributed by atoms with van der Waals surface area (Å²) in [5.41, 5.74) is 5.53. The Morgan fingerprint density at radius 1 is 1.67 bits per heavy atom. The van der Waals surface area contributed by atoms with E-state index in [-0.39, 0.29) is 0 Å². The molecule has 2 N–H and O–H groups in total. The lowest BCUT2D eigenvalue weighted by Gasteiger charge is -2.08. The molecule has 0 saturated heterocycles. The zero-order valence-corrected chi connectivity index (χ0v) is 5.27. The molecule has 0 spiro atoms. The van der Waals surface area contributed by atoms with Crippen LogP contribution >= 0.6 is 11.6 Å². The lowest BCUT2D eigenvalue weighted by atomic mass is 10.4. The predicted molar refractivity (Wildman–Crippen MR) is 34.4 cm³/mol. The Bertz CT molecular complexity index is 185. The number of hydrogen-bond donors (Lipinski definition) is 2. The first-order valence-corrected chi connectivity index (χ1v) is 2.77. The van der Waals surface area contributed by atoms with E-state index in [1.165, 1.54) is 0 Å². The van der Waals surface area contributed by atoms with Gasteiger partial charge in [0.2, 0.25) is 0 Å². The second-order valence-electron chi connectivity index (χ2n) is 1.48. The summed E-state index contributed by atoms with van der Waals surface area (Å²) in [6, 6.07) is 0. The summed E-state index contributed by atoms with van der Waals surface area (Å²) in [6.07, 6.45) is 4.93. The third kappa shape index (κ3) is 1.47. The van der Waals surface area contributed by atoms with Crippen molar-refractivity contribution in [1.82, 2.24) is 10.9 Å². The van der Waals surface area contributed by atoms with Crippen LogP contribution < -0.4 is 10.9 Å². The number of hydrazine groups is 1. The quantitative estimate of drug-likeness (QED) is 0.519. The van der Waals surface area contributed by atoms with E-state index >= 15 is 0 Å². The summed E-state index contributed by atoms with van der Waals surface area (Å²) >= 11 is 5.11. The van der Waals surface area contributed by atoms with Crippen LogP contribution in [0.5, 0.6) is 0 Å². The fourth-order valence-electron chi connectivity index (χ4n) is 0.468. The SMILES string of the molecule is O=C(Cl)C1=CC=CNN1. The summed E-state index contributed by atoms with van der Waals surface area (Å²) in [7, 11) is 0. The summed E-state index contributed by atoms with van der Waals surface area (Å²) < 4.78 is 0. The van der Waals surface area contributed by atoms with E-state index in [2.05, 4.69) is 10.9 Å². The summed E-state index contributed by atoms with van der Waals surface area (Å²) in [4.78, 5) is 10.4. The molecule has 4 heteroatoms. The Kier molecular flexibility index (Phi) is 1.75. The molecule has 0 fully saturated rings. The second-order valence-corrected chi connectivity index (χ2v) is 1.83. The first-order chi connectivity index (χ1) is 4.30. The van der Waals surface area contributed by atoms with Gasteiger partial charge in [-0.05, 0) is 23.8 Å². The largest absolute Gasteiger partial charge is 0.308 e. The molecule has 0 saturated carbocycles. The van der Waals surface area contributed by atoms with Crippen molar-refractivity contribution in [1.29, 1.82) is 0 Å². The molecule has 0 radical (unpaired) electrons. The van der Waals surface area contributed by atoms with Crippen LogP contribution in [0.2, 0.25) is 0 Å². The first-order valence-electron chi connectivity index (χ1n) is 2.39. The third-order valence-corrected chi connectivity index (χ3v) is 1.06. The molecule has 1 heterocycles. The topological polar surface area (TPSA) is 41.1 Å². The molecule has 0 bridgehead atoms. The van der Waals surface area contributed by atoms with Gasteiger partial charge in [0.25, 0.3) is 5.24 Å². The van der Waals surface area contributed by atoms with Gasteiger partial charge in [0.1, 0.15) is 5.70 Å².